The molecule has 41 heavy (non-hydrogen) atoms. The molecule has 1 saturated heterocycles. The summed E-state index contributed by atoms with van der Waals surface area (Å²) in [5.74, 6) is -1.50. The summed E-state index contributed by atoms with van der Waals surface area (Å²) in [5, 5.41) is 14.1. The second-order valence-corrected chi connectivity index (χ2v) is 10.7. The lowest BCUT2D eigenvalue weighted by atomic mass is 9.99. The Kier molecular flexibility index (Phi) is 11.1. The number of hydrogen-bond donors (Lipinski definition) is 3. The number of methoxy groups -OCH3 is 1. The number of rotatable bonds is 11. The normalized spacial score (nSPS) is 15.9. The molecule has 1 fully saturated rings. The van der Waals surface area contributed by atoms with Crippen molar-refractivity contribution < 1.29 is 38.5 Å². The van der Waals surface area contributed by atoms with Gasteiger partial charge in [-0.25, -0.2) is 4.79 Å². The zero-order valence-corrected chi connectivity index (χ0v) is 24.0. The zero-order valence-electron chi connectivity index (χ0n) is 24.0. The summed E-state index contributed by atoms with van der Waals surface area (Å²) in [7, 11) is 1.60. The first-order valence-electron chi connectivity index (χ1n) is 13.6. The molecule has 3 rings (SSSR count). The Labute approximate surface area is 240 Å². The molecule has 1 aliphatic rings. The standard InChI is InChI=1S/C30H39N3O8/c1-30(2,3)41-29(38)33-16-7-17-40-26(33)15-14-25(34)32-23(28(37)31-19-27(35)36)18-20-10-12-21(13-11-20)22-8-5-6-9-24(22)39-4/h5-6,8-13,23,26H,7,14-19H2,1-4H3,(H,31,37)(H,32,34)(H,35,36)/t23-,26?/m0/s1. The van der Waals surface area contributed by atoms with E-state index in [9.17, 15) is 19.2 Å². The van der Waals surface area contributed by atoms with Crippen molar-refractivity contribution in [3.8, 4) is 16.9 Å². The van der Waals surface area contributed by atoms with Crippen molar-refractivity contribution in [1.29, 1.82) is 0 Å². The fourth-order valence-electron chi connectivity index (χ4n) is 4.41. The third-order valence-electron chi connectivity index (χ3n) is 6.32. The minimum atomic E-state index is -1.19. The number of carboxylic acids is 1. The van der Waals surface area contributed by atoms with Crippen LogP contribution in [0, 0.1) is 0 Å². The summed E-state index contributed by atoms with van der Waals surface area (Å²) in [5.41, 5.74) is 1.93. The summed E-state index contributed by atoms with van der Waals surface area (Å²) in [6.45, 7) is 5.67. The number of hydrogen-bond acceptors (Lipinski definition) is 7. The molecule has 11 nitrogen and oxygen atoms in total. The Morgan fingerprint density at radius 3 is 2.46 bits per heavy atom. The lowest BCUT2D eigenvalue weighted by Crippen LogP contribution is -2.50. The number of nitrogens with one attached hydrogen (secondary N) is 2. The van der Waals surface area contributed by atoms with Crippen LogP contribution in [0.5, 0.6) is 5.75 Å². The molecule has 222 valence electrons. The number of benzene rings is 2. The van der Waals surface area contributed by atoms with Crippen molar-refractivity contribution in [1.82, 2.24) is 15.5 Å². The summed E-state index contributed by atoms with van der Waals surface area (Å²) in [6, 6.07) is 14.1. The Morgan fingerprint density at radius 1 is 1.10 bits per heavy atom. The topological polar surface area (TPSA) is 144 Å². The van der Waals surface area contributed by atoms with Crippen molar-refractivity contribution in [3.63, 3.8) is 0 Å². The van der Waals surface area contributed by atoms with Crippen molar-refractivity contribution >= 4 is 23.9 Å². The third kappa shape index (κ3) is 9.78. The SMILES string of the molecule is COc1ccccc1-c1ccc(C[C@H](NC(=O)CCC2OCCCN2C(=O)OC(C)(C)C)C(=O)NCC(=O)O)cc1. The van der Waals surface area contributed by atoms with Crippen molar-refractivity contribution in [2.24, 2.45) is 0 Å². The third-order valence-corrected chi connectivity index (χ3v) is 6.32. The monoisotopic (exact) mass is 569 g/mol. The second kappa shape index (κ2) is 14.5. The molecule has 1 unspecified atom stereocenters. The average Bonchev–Trinajstić information content (AvgIpc) is 2.94. The molecule has 0 radical (unpaired) electrons. The van der Waals surface area contributed by atoms with Crippen LogP contribution in [0.2, 0.25) is 0 Å². The quantitative estimate of drug-likeness (QED) is 0.374. The van der Waals surface area contributed by atoms with Gasteiger partial charge >= 0.3 is 12.1 Å². The maximum atomic E-state index is 12.9. The Morgan fingerprint density at radius 2 is 1.80 bits per heavy atom. The molecular weight excluding hydrogens is 530 g/mol. The van der Waals surface area contributed by atoms with Crippen molar-refractivity contribution in [2.45, 2.75) is 64.3 Å². The molecule has 0 saturated carbocycles. The van der Waals surface area contributed by atoms with Gasteiger partial charge in [0, 0.05) is 31.4 Å². The Balaban J connectivity index is 1.66. The van der Waals surface area contributed by atoms with Gasteiger partial charge in [0.2, 0.25) is 11.8 Å². The number of carbonyl (C=O) groups is 4. The maximum absolute atomic E-state index is 12.9. The zero-order chi connectivity index (χ0) is 30.0. The molecule has 1 aliphatic heterocycles. The molecule has 0 spiro atoms. The summed E-state index contributed by atoms with van der Waals surface area (Å²) >= 11 is 0. The molecule has 1 heterocycles. The number of aliphatic carboxylic acids is 1. The van der Waals surface area contributed by atoms with E-state index in [0.29, 0.717) is 19.6 Å². The average molecular weight is 570 g/mol. The van der Waals surface area contributed by atoms with Gasteiger partial charge in [0.1, 0.15) is 30.2 Å². The van der Waals surface area contributed by atoms with Gasteiger partial charge in [0.05, 0.1) is 13.7 Å². The van der Waals surface area contributed by atoms with E-state index >= 15 is 0 Å². The predicted molar refractivity (Wildman–Crippen MR) is 151 cm³/mol. The molecule has 11 heteroatoms. The molecule has 0 aliphatic carbocycles. The molecule has 2 atom stereocenters. The van der Waals surface area contributed by atoms with E-state index in [-0.39, 0.29) is 19.3 Å². The smallest absolute Gasteiger partial charge is 0.412 e. The largest absolute Gasteiger partial charge is 0.496 e. The summed E-state index contributed by atoms with van der Waals surface area (Å²) < 4.78 is 16.7. The number of amides is 3. The minimum Gasteiger partial charge on any atom is -0.496 e. The van der Waals surface area contributed by atoms with Gasteiger partial charge in [0.15, 0.2) is 0 Å². The highest BCUT2D eigenvalue weighted by molar-refractivity contribution is 5.89. The highest BCUT2D eigenvalue weighted by Crippen LogP contribution is 2.29. The minimum absolute atomic E-state index is 0.0145. The first-order chi connectivity index (χ1) is 19.5. The van der Waals surface area contributed by atoms with Crippen LogP contribution in [0.1, 0.15) is 45.6 Å². The number of ether oxygens (including phenoxy) is 3. The highest BCUT2D eigenvalue weighted by atomic mass is 16.6. The van der Waals surface area contributed by atoms with E-state index in [1.165, 1.54) is 4.90 Å². The predicted octanol–water partition coefficient (Wildman–Crippen LogP) is 3.35. The fraction of sp³-hybridized carbons (Fsp3) is 0.467. The van der Waals surface area contributed by atoms with E-state index < -0.39 is 48.3 Å². The van der Waals surface area contributed by atoms with Crippen LogP contribution in [0.15, 0.2) is 48.5 Å². The van der Waals surface area contributed by atoms with E-state index in [0.717, 1.165) is 22.4 Å². The van der Waals surface area contributed by atoms with Crippen molar-refractivity contribution in [3.05, 3.63) is 54.1 Å². The van der Waals surface area contributed by atoms with Crippen LogP contribution in [0.4, 0.5) is 4.79 Å². The van der Waals surface area contributed by atoms with Crippen molar-refractivity contribution in [2.75, 3.05) is 26.8 Å². The van der Waals surface area contributed by atoms with E-state index in [4.69, 9.17) is 19.3 Å². The maximum Gasteiger partial charge on any atom is 0.412 e. The summed E-state index contributed by atoms with van der Waals surface area (Å²) in [6.07, 6.45) is -0.144. The van der Waals surface area contributed by atoms with Gasteiger partial charge in [-0.15, -0.1) is 0 Å². The van der Waals surface area contributed by atoms with Gasteiger partial charge < -0.3 is 30.0 Å². The van der Waals surface area contributed by atoms with Crippen LogP contribution in [0.25, 0.3) is 11.1 Å². The van der Waals surface area contributed by atoms with Gasteiger partial charge in [-0.05, 0) is 44.4 Å². The van der Waals surface area contributed by atoms with Crippen LogP contribution >= 0.6 is 0 Å². The van der Waals surface area contributed by atoms with Gasteiger partial charge in [-0.3, -0.25) is 19.3 Å². The molecule has 3 N–H and O–H groups in total. The number of para-hydroxylation sites is 1. The Hall–Kier alpha value is -4.12. The Bertz CT molecular complexity index is 1210. The van der Waals surface area contributed by atoms with Gasteiger partial charge in [-0.2, -0.15) is 0 Å². The van der Waals surface area contributed by atoms with Gasteiger partial charge in [-0.1, -0.05) is 42.5 Å². The lowest BCUT2D eigenvalue weighted by molar-refractivity contribution is -0.138. The first-order valence-corrected chi connectivity index (χ1v) is 13.6. The molecule has 2 aromatic carbocycles. The van der Waals surface area contributed by atoms with Crippen LogP contribution in [-0.2, 0) is 30.3 Å². The van der Waals surface area contributed by atoms with Crippen LogP contribution in [0.3, 0.4) is 0 Å². The van der Waals surface area contributed by atoms with E-state index in [2.05, 4.69) is 10.6 Å². The highest BCUT2D eigenvalue weighted by Gasteiger charge is 2.32. The fourth-order valence-corrected chi connectivity index (χ4v) is 4.41. The number of carbonyl (C=O) groups excluding carboxylic acids is 3. The lowest BCUT2D eigenvalue weighted by Gasteiger charge is -2.36. The van der Waals surface area contributed by atoms with E-state index in [1.54, 1.807) is 27.9 Å². The van der Waals surface area contributed by atoms with Crippen LogP contribution in [-0.4, -0.2) is 78.6 Å². The number of carboxylic acid groups (broad SMARTS) is 1. The summed E-state index contributed by atoms with van der Waals surface area (Å²) in [4.78, 5) is 50.9. The first kappa shape index (κ1) is 31.4. The van der Waals surface area contributed by atoms with Crippen LogP contribution < -0.4 is 15.4 Å². The molecular formula is C30H39N3O8. The molecule has 3 amide bonds. The second-order valence-electron chi connectivity index (χ2n) is 10.7. The molecule has 2 aromatic rings. The molecule has 0 aromatic heterocycles. The van der Waals surface area contributed by atoms with Gasteiger partial charge in [0.25, 0.3) is 0 Å². The number of nitrogens with zero attached hydrogens (tertiary/aromatic N) is 1. The molecule has 0 bridgehead atoms. The van der Waals surface area contributed by atoms with E-state index in [1.807, 2.05) is 48.5 Å².